The SMILES string of the molecule is COC(=O)c1cc(NC(=O)NCc2ccc(N3CC(C)OC(C)C3)nc2)ccc1Cl. The molecule has 9 heteroatoms. The number of aromatic nitrogens is 1. The van der Waals surface area contributed by atoms with Gasteiger partial charge in [-0.2, -0.15) is 0 Å². The van der Waals surface area contributed by atoms with E-state index >= 15 is 0 Å². The van der Waals surface area contributed by atoms with Crippen molar-refractivity contribution in [2.75, 3.05) is 30.4 Å². The van der Waals surface area contributed by atoms with Gasteiger partial charge in [-0.05, 0) is 43.7 Å². The van der Waals surface area contributed by atoms with E-state index < -0.39 is 12.0 Å². The van der Waals surface area contributed by atoms with Crippen LogP contribution in [0.5, 0.6) is 0 Å². The Labute approximate surface area is 180 Å². The van der Waals surface area contributed by atoms with Crippen molar-refractivity contribution in [2.24, 2.45) is 0 Å². The molecule has 2 heterocycles. The van der Waals surface area contributed by atoms with E-state index in [1.54, 1.807) is 12.3 Å². The van der Waals surface area contributed by atoms with Crippen LogP contribution in [0.25, 0.3) is 0 Å². The number of esters is 1. The summed E-state index contributed by atoms with van der Waals surface area (Å²) in [6.45, 7) is 6.01. The number of nitrogens with one attached hydrogen (secondary N) is 2. The number of carbonyl (C=O) groups excluding carboxylic acids is 2. The predicted molar refractivity (Wildman–Crippen MR) is 115 cm³/mol. The van der Waals surface area contributed by atoms with Crippen LogP contribution in [0.2, 0.25) is 5.02 Å². The number of halogens is 1. The van der Waals surface area contributed by atoms with Crippen molar-refractivity contribution in [1.82, 2.24) is 10.3 Å². The van der Waals surface area contributed by atoms with Crippen molar-refractivity contribution in [1.29, 1.82) is 0 Å². The average Bonchev–Trinajstić information content (AvgIpc) is 2.72. The number of anilines is 2. The predicted octanol–water partition coefficient (Wildman–Crippen LogP) is 3.46. The second-order valence-corrected chi connectivity index (χ2v) is 7.59. The molecule has 2 amide bonds. The molecule has 2 N–H and O–H groups in total. The molecule has 1 aromatic heterocycles. The number of nitrogens with zero attached hydrogens (tertiary/aromatic N) is 2. The summed E-state index contributed by atoms with van der Waals surface area (Å²) in [7, 11) is 1.27. The smallest absolute Gasteiger partial charge is 0.339 e. The second-order valence-electron chi connectivity index (χ2n) is 7.18. The maximum absolute atomic E-state index is 12.2. The summed E-state index contributed by atoms with van der Waals surface area (Å²) in [6.07, 6.45) is 2.07. The number of rotatable bonds is 5. The largest absolute Gasteiger partial charge is 0.465 e. The number of hydrogen-bond acceptors (Lipinski definition) is 6. The fraction of sp³-hybridized carbons (Fsp3) is 0.381. The van der Waals surface area contributed by atoms with E-state index in [2.05, 4.69) is 25.3 Å². The summed E-state index contributed by atoms with van der Waals surface area (Å²) < 4.78 is 10.4. The van der Waals surface area contributed by atoms with E-state index in [-0.39, 0.29) is 22.8 Å². The monoisotopic (exact) mass is 432 g/mol. The van der Waals surface area contributed by atoms with Gasteiger partial charge in [-0.25, -0.2) is 14.6 Å². The Kier molecular flexibility index (Phi) is 7.12. The Balaban J connectivity index is 1.54. The van der Waals surface area contributed by atoms with Crippen LogP contribution in [-0.4, -0.2) is 49.4 Å². The number of ether oxygens (including phenoxy) is 2. The maximum Gasteiger partial charge on any atom is 0.339 e. The van der Waals surface area contributed by atoms with Crippen molar-refractivity contribution in [3.8, 4) is 0 Å². The van der Waals surface area contributed by atoms with Gasteiger partial charge in [-0.1, -0.05) is 17.7 Å². The van der Waals surface area contributed by atoms with Crippen LogP contribution in [0, 0.1) is 0 Å². The standard InChI is InChI=1S/C21H25ClN4O4/c1-13-11-26(12-14(2)30-13)19-7-4-15(9-23-19)10-24-21(28)25-16-5-6-18(22)17(8-16)20(27)29-3/h4-9,13-14H,10-12H2,1-3H3,(H2,24,25,28). The van der Waals surface area contributed by atoms with Gasteiger partial charge < -0.3 is 25.0 Å². The molecule has 0 saturated carbocycles. The molecule has 1 fully saturated rings. The molecule has 0 bridgehead atoms. The third kappa shape index (κ3) is 5.61. The van der Waals surface area contributed by atoms with Gasteiger partial charge in [0.1, 0.15) is 5.82 Å². The maximum atomic E-state index is 12.2. The van der Waals surface area contributed by atoms with Gasteiger partial charge in [0.15, 0.2) is 0 Å². The van der Waals surface area contributed by atoms with Gasteiger partial charge in [0, 0.05) is 31.5 Å². The lowest BCUT2D eigenvalue weighted by Crippen LogP contribution is -2.45. The Morgan fingerprint density at radius 2 is 1.97 bits per heavy atom. The number of pyridine rings is 1. The lowest BCUT2D eigenvalue weighted by atomic mass is 10.2. The van der Waals surface area contributed by atoms with E-state index in [0.717, 1.165) is 24.5 Å². The van der Waals surface area contributed by atoms with Crippen molar-refractivity contribution in [3.63, 3.8) is 0 Å². The van der Waals surface area contributed by atoms with Gasteiger partial charge in [0.2, 0.25) is 0 Å². The van der Waals surface area contributed by atoms with Crippen molar-refractivity contribution in [2.45, 2.75) is 32.6 Å². The number of urea groups is 1. The number of carbonyl (C=O) groups is 2. The van der Waals surface area contributed by atoms with Crippen LogP contribution in [0.15, 0.2) is 36.5 Å². The highest BCUT2D eigenvalue weighted by Crippen LogP contribution is 2.21. The van der Waals surface area contributed by atoms with Crippen molar-refractivity contribution in [3.05, 3.63) is 52.7 Å². The molecule has 8 nitrogen and oxygen atoms in total. The normalized spacial score (nSPS) is 18.6. The molecule has 160 valence electrons. The minimum absolute atomic E-state index is 0.160. The van der Waals surface area contributed by atoms with E-state index in [1.165, 1.54) is 19.2 Å². The summed E-state index contributed by atoms with van der Waals surface area (Å²) in [5.74, 6) is 0.320. The number of morpholine rings is 1. The zero-order valence-electron chi connectivity index (χ0n) is 17.1. The second kappa shape index (κ2) is 9.77. The first kappa shape index (κ1) is 21.9. The molecule has 2 atom stereocenters. The van der Waals surface area contributed by atoms with Gasteiger partial charge in [-0.3, -0.25) is 0 Å². The van der Waals surface area contributed by atoms with Crippen molar-refractivity contribution >= 4 is 35.1 Å². The van der Waals surface area contributed by atoms with Crippen LogP contribution >= 0.6 is 11.6 Å². The Morgan fingerprint density at radius 3 is 2.60 bits per heavy atom. The zero-order valence-corrected chi connectivity index (χ0v) is 17.9. The lowest BCUT2D eigenvalue weighted by Gasteiger charge is -2.36. The van der Waals surface area contributed by atoms with Crippen LogP contribution in [0.3, 0.4) is 0 Å². The molecule has 0 spiro atoms. The molecule has 2 unspecified atom stereocenters. The summed E-state index contributed by atoms with van der Waals surface area (Å²) >= 11 is 5.99. The van der Waals surface area contributed by atoms with Crippen LogP contribution in [-0.2, 0) is 16.0 Å². The highest BCUT2D eigenvalue weighted by molar-refractivity contribution is 6.33. The van der Waals surface area contributed by atoms with E-state index in [0.29, 0.717) is 12.2 Å². The molecule has 1 aromatic carbocycles. The number of hydrogen-bond donors (Lipinski definition) is 2. The molecule has 0 radical (unpaired) electrons. The summed E-state index contributed by atoms with van der Waals surface area (Å²) in [6, 6.07) is 8.07. The fourth-order valence-electron chi connectivity index (χ4n) is 3.30. The van der Waals surface area contributed by atoms with Gasteiger partial charge in [0.05, 0.1) is 29.9 Å². The molecule has 1 saturated heterocycles. The van der Waals surface area contributed by atoms with Gasteiger partial charge >= 0.3 is 12.0 Å². The fourth-order valence-corrected chi connectivity index (χ4v) is 3.50. The topological polar surface area (TPSA) is 92.8 Å². The van der Waals surface area contributed by atoms with E-state index in [1.807, 2.05) is 26.0 Å². The molecule has 1 aliphatic rings. The quantitative estimate of drug-likeness (QED) is 0.703. The third-order valence-electron chi connectivity index (χ3n) is 4.64. The molecule has 1 aliphatic heterocycles. The van der Waals surface area contributed by atoms with Crippen molar-refractivity contribution < 1.29 is 19.1 Å². The highest BCUT2D eigenvalue weighted by Gasteiger charge is 2.23. The molecule has 0 aliphatic carbocycles. The summed E-state index contributed by atoms with van der Waals surface area (Å²) in [5, 5.41) is 5.69. The first-order chi connectivity index (χ1) is 14.4. The molecule has 30 heavy (non-hydrogen) atoms. The van der Waals surface area contributed by atoms with Crippen LogP contribution in [0.4, 0.5) is 16.3 Å². The molecule has 2 aromatic rings. The first-order valence-electron chi connectivity index (χ1n) is 9.63. The first-order valence-corrected chi connectivity index (χ1v) is 10.0. The van der Waals surface area contributed by atoms with E-state index in [4.69, 9.17) is 16.3 Å². The van der Waals surface area contributed by atoms with Crippen LogP contribution in [0.1, 0.15) is 29.8 Å². The Bertz CT molecular complexity index is 896. The Morgan fingerprint density at radius 1 is 1.23 bits per heavy atom. The zero-order chi connectivity index (χ0) is 21.7. The average molecular weight is 433 g/mol. The third-order valence-corrected chi connectivity index (χ3v) is 4.96. The minimum atomic E-state index is -0.570. The molecular formula is C21H25ClN4O4. The molecular weight excluding hydrogens is 408 g/mol. The number of methoxy groups -OCH3 is 1. The van der Waals surface area contributed by atoms with Gasteiger partial charge in [-0.15, -0.1) is 0 Å². The Hall–Kier alpha value is -2.84. The van der Waals surface area contributed by atoms with Crippen LogP contribution < -0.4 is 15.5 Å². The minimum Gasteiger partial charge on any atom is -0.465 e. The summed E-state index contributed by atoms with van der Waals surface area (Å²) in [4.78, 5) is 30.6. The molecule has 3 rings (SSSR count). The van der Waals surface area contributed by atoms with E-state index in [9.17, 15) is 9.59 Å². The highest BCUT2D eigenvalue weighted by atomic mass is 35.5. The lowest BCUT2D eigenvalue weighted by molar-refractivity contribution is -0.00546. The van der Waals surface area contributed by atoms with Gasteiger partial charge in [0.25, 0.3) is 0 Å². The number of amides is 2. The number of benzene rings is 1. The summed E-state index contributed by atoms with van der Waals surface area (Å²) in [5.41, 5.74) is 1.49.